The van der Waals surface area contributed by atoms with E-state index in [0.29, 0.717) is 6.42 Å². The van der Waals surface area contributed by atoms with Crippen molar-refractivity contribution in [2.24, 2.45) is 5.16 Å². The number of rotatable bonds is 4. The first-order valence-corrected chi connectivity index (χ1v) is 4.38. The molecule has 0 aliphatic rings. The van der Waals surface area contributed by atoms with Crippen LogP contribution in [-0.4, -0.2) is 28.9 Å². The first-order valence-electron chi connectivity index (χ1n) is 3.05. The van der Waals surface area contributed by atoms with Crippen LogP contribution in [0.2, 0.25) is 0 Å². The minimum Gasteiger partial charge on any atom is -0.407 e. The van der Waals surface area contributed by atoms with Gasteiger partial charge in [0, 0.05) is 13.5 Å². The SMILES string of the molecule is CC/C(=N/O)[P+](=O)C(O)OC. The number of aliphatic hydroxyl groups is 1. The van der Waals surface area contributed by atoms with Crippen LogP contribution < -0.4 is 0 Å². The fraction of sp³-hybridized carbons (Fsp3) is 0.800. The van der Waals surface area contributed by atoms with E-state index in [4.69, 9.17) is 10.3 Å². The summed E-state index contributed by atoms with van der Waals surface area (Å²) < 4.78 is 15.4. The van der Waals surface area contributed by atoms with Gasteiger partial charge in [0.15, 0.2) is 0 Å². The van der Waals surface area contributed by atoms with Crippen molar-refractivity contribution >= 4 is 13.3 Å². The molecule has 0 aromatic heterocycles. The highest BCUT2D eigenvalue weighted by Crippen LogP contribution is 2.29. The number of aliphatic hydroxyl groups excluding tert-OH is 1. The van der Waals surface area contributed by atoms with Crippen molar-refractivity contribution in [1.82, 2.24) is 0 Å². The molecule has 0 saturated heterocycles. The average Bonchev–Trinajstić information content (AvgIpc) is 2.05. The van der Waals surface area contributed by atoms with E-state index in [-0.39, 0.29) is 5.45 Å². The maximum absolute atomic E-state index is 11.0. The normalized spacial score (nSPS) is 16.3. The Morgan fingerprint density at radius 1 is 1.82 bits per heavy atom. The van der Waals surface area contributed by atoms with Gasteiger partial charge >= 0.3 is 13.8 Å². The summed E-state index contributed by atoms with van der Waals surface area (Å²) in [6, 6.07) is -1.38. The van der Waals surface area contributed by atoms with Gasteiger partial charge in [0.25, 0.3) is 5.45 Å². The Hall–Kier alpha value is -0.510. The van der Waals surface area contributed by atoms with Gasteiger partial charge in [0.1, 0.15) is 0 Å². The molecule has 6 heteroatoms. The molecule has 0 saturated carbocycles. The Kier molecular flexibility index (Phi) is 4.94. The summed E-state index contributed by atoms with van der Waals surface area (Å²) in [5, 5.41) is 19.9. The zero-order chi connectivity index (χ0) is 8.85. The molecule has 0 aromatic carbocycles. The summed E-state index contributed by atoms with van der Waals surface area (Å²) in [4.78, 5) is 0. The second kappa shape index (κ2) is 5.18. The molecule has 64 valence electrons. The average molecular weight is 180 g/mol. The van der Waals surface area contributed by atoms with Crippen LogP contribution in [0.4, 0.5) is 0 Å². The smallest absolute Gasteiger partial charge is 0.407 e. The third-order valence-electron chi connectivity index (χ3n) is 1.10. The van der Waals surface area contributed by atoms with E-state index in [9.17, 15) is 4.57 Å². The molecule has 2 unspecified atom stereocenters. The molecule has 2 atom stereocenters. The molecular weight excluding hydrogens is 169 g/mol. The van der Waals surface area contributed by atoms with Crippen molar-refractivity contribution in [3.63, 3.8) is 0 Å². The topological polar surface area (TPSA) is 79.1 Å². The predicted molar refractivity (Wildman–Crippen MR) is 40.1 cm³/mol. The number of ether oxygens (including phenoxy) is 1. The number of nitrogens with zero attached hydrogens (tertiary/aromatic N) is 1. The van der Waals surface area contributed by atoms with E-state index < -0.39 is 13.8 Å². The molecule has 0 rings (SSSR count). The highest BCUT2D eigenvalue weighted by atomic mass is 31.1. The van der Waals surface area contributed by atoms with Crippen LogP contribution in [0.15, 0.2) is 5.16 Å². The van der Waals surface area contributed by atoms with Gasteiger partial charge in [-0.15, -0.1) is 0 Å². The Morgan fingerprint density at radius 3 is 2.64 bits per heavy atom. The second-order valence-corrected chi connectivity index (χ2v) is 3.37. The van der Waals surface area contributed by atoms with Crippen molar-refractivity contribution in [2.75, 3.05) is 7.11 Å². The standard InChI is InChI=1S/C5H10NO4P/c1-3-4(6-8)11(9)5(7)10-2/h5,7H,3H2,1-2H3/p+1/b6-4-. The van der Waals surface area contributed by atoms with Crippen LogP contribution in [-0.2, 0) is 9.30 Å². The number of oxime groups is 1. The summed E-state index contributed by atoms with van der Waals surface area (Å²) in [5.74, 6) is 0. The van der Waals surface area contributed by atoms with E-state index in [1.54, 1.807) is 6.92 Å². The van der Waals surface area contributed by atoms with Gasteiger partial charge in [-0.1, -0.05) is 11.5 Å². The largest absolute Gasteiger partial charge is 0.457 e. The van der Waals surface area contributed by atoms with Gasteiger partial charge in [-0.3, -0.25) is 0 Å². The molecule has 11 heavy (non-hydrogen) atoms. The fourth-order valence-electron chi connectivity index (χ4n) is 0.494. The van der Waals surface area contributed by atoms with Gasteiger partial charge < -0.3 is 15.1 Å². The minimum absolute atomic E-state index is 0.0503. The van der Waals surface area contributed by atoms with Gasteiger partial charge in [0.2, 0.25) is 0 Å². The fourth-order valence-corrected chi connectivity index (χ4v) is 1.34. The van der Waals surface area contributed by atoms with Crippen LogP contribution in [0, 0.1) is 0 Å². The Balaban J connectivity index is 4.22. The van der Waals surface area contributed by atoms with E-state index >= 15 is 0 Å². The zero-order valence-electron chi connectivity index (χ0n) is 6.39. The molecule has 0 radical (unpaired) electrons. The third kappa shape index (κ3) is 2.93. The Bertz CT molecular complexity index is 170. The monoisotopic (exact) mass is 180 g/mol. The van der Waals surface area contributed by atoms with E-state index in [2.05, 4.69) is 9.89 Å². The van der Waals surface area contributed by atoms with Crippen molar-refractivity contribution in [3.8, 4) is 0 Å². The highest BCUT2D eigenvalue weighted by Gasteiger charge is 2.34. The van der Waals surface area contributed by atoms with Gasteiger partial charge in [-0.05, 0) is 5.16 Å². The summed E-state index contributed by atoms with van der Waals surface area (Å²) >= 11 is 0. The lowest BCUT2D eigenvalue weighted by atomic mass is 10.5. The molecule has 2 N–H and O–H groups in total. The number of hydrogen-bond acceptors (Lipinski definition) is 5. The molecular formula is C5H11NO4P+. The van der Waals surface area contributed by atoms with Crippen molar-refractivity contribution < 1.29 is 19.6 Å². The van der Waals surface area contributed by atoms with Crippen LogP contribution in [0.3, 0.4) is 0 Å². The zero-order valence-corrected chi connectivity index (χ0v) is 7.28. The number of hydrogen-bond donors (Lipinski definition) is 2. The summed E-state index contributed by atoms with van der Waals surface area (Å²) in [6.07, 6.45) is 0.326. The molecule has 5 nitrogen and oxygen atoms in total. The molecule has 0 aliphatic carbocycles. The van der Waals surface area contributed by atoms with Crippen molar-refractivity contribution in [3.05, 3.63) is 0 Å². The maximum atomic E-state index is 11.0. The van der Waals surface area contributed by atoms with E-state index in [1.165, 1.54) is 7.11 Å². The maximum Gasteiger partial charge on any atom is 0.457 e. The van der Waals surface area contributed by atoms with Crippen LogP contribution in [0.5, 0.6) is 0 Å². The molecule has 0 aliphatic heterocycles. The third-order valence-corrected chi connectivity index (χ3v) is 2.62. The first kappa shape index (κ1) is 10.5. The molecule has 0 spiro atoms. The number of methoxy groups -OCH3 is 1. The van der Waals surface area contributed by atoms with Gasteiger partial charge in [-0.2, -0.15) is 0 Å². The summed E-state index contributed by atoms with van der Waals surface area (Å²) in [6.45, 7) is 1.67. The molecule has 0 bridgehead atoms. The summed E-state index contributed by atoms with van der Waals surface area (Å²) in [7, 11) is -0.897. The molecule has 0 fully saturated rings. The van der Waals surface area contributed by atoms with Crippen molar-refractivity contribution in [2.45, 2.75) is 19.4 Å². The highest BCUT2D eigenvalue weighted by molar-refractivity contribution is 7.64. The van der Waals surface area contributed by atoms with Gasteiger partial charge in [-0.25, -0.2) is 0 Å². The lowest BCUT2D eigenvalue weighted by molar-refractivity contribution is -0.00709. The summed E-state index contributed by atoms with van der Waals surface area (Å²) in [5.41, 5.74) is 0.0503. The lowest BCUT2D eigenvalue weighted by Crippen LogP contribution is -2.07. The Labute approximate surface area is 65.5 Å². The molecule has 0 amide bonds. The lowest BCUT2D eigenvalue weighted by Gasteiger charge is -1.94. The van der Waals surface area contributed by atoms with Crippen LogP contribution in [0.25, 0.3) is 0 Å². The van der Waals surface area contributed by atoms with E-state index in [0.717, 1.165) is 0 Å². The van der Waals surface area contributed by atoms with E-state index in [1.807, 2.05) is 0 Å². The second-order valence-electron chi connectivity index (χ2n) is 1.76. The molecule has 0 heterocycles. The first-order chi connectivity index (χ1) is 5.17. The molecule has 0 aromatic rings. The van der Waals surface area contributed by atoms with Crippen LogP contribution >= 0.6 is 7.80 Å². The van der Waals surface area contributed by atoms with Crippen LogP contribution in [0.1, 0.15) is 13.3 Å². The minimum atomic E-state index is -2.12. The quantitative estimate of drug-likeness (QED) is 0.222. The van der Waals surface area contributed by atoms with Gasteiger partial charge in [0.05, 0.1) is 0 Å². The van der Waals surface area contributed by atoms with Crippen molar-refractivity contribution in [1.29, 1.82) is 0 Å². The Morgan fingerprint density at radius 2 is 2.36 bits per heavy atom. The predicted octanol–water partition coefficient (Wildman–Crippen LogP) is 0.934.